The van der Waals surface area contributed by atoms with Gasteiger partial charge >= 0.3 is 0 Å². The van der Waals surface area contributed by atoms with Crippen LogP contribution in [-0.4, -0.2) is 21.1 Å². The monoisotopic (exact) mass is 352 g/mol. The molecule has 0 bridgehead atoms. The van der Waals surface area contributed by atoms with E-state index in [-0.39, 0.29) is 11.9 Å². The fourth-order valence-corrected chi connectivity index (χ4v) is 3.65. The Kier molecular flexibility index (Phi) is 3.57. The van der Waals surface area contributed by atoms with E-state index in [1.54, 1.807) is 11.1 Å². The topological polar surface area (TPSA) is 61.9 Å². The molecule has 1 unspecified atom stereocenters. The maximum atomic E-state index is 13.2. The van der Waals surface area contributed by atoms with E-state index in [9.17, 15) is 4.79 Å². The third kappa shape index (κ3) is 2.44. The number of H-pyrrole nitrogens is 1. The van der Waals surface area contributed by atoms with Crippen LogP contribution in [0.2, 0.25) is 0 Å². The number of aromatic amines is 1. The minimum Gasteiger partial charge on any atom is -0.279 e. The number of pyridine rings is 1. The normalized spacial score (nSPS) is 15.8. The summed E-state index contributed by atoms with van der Waals surface area (Å²) in [6.45, 7) is 0. The Morgan fingerprint density at radius 2 is 1.56 bits per heavy atom. The Labute approximate surface area is 156 Å². The summed E-state index contributed by atoms with van der Waals surface area (Å²) in [4.78, 5) is 19.4. The summed E-state index contributed by atoms with van der Waals surface area (Å²) in [5.41, 5.74) is 4.21. The summed E-state index contributed by atoms with van der Waals surface area (Å²) in [5.74, 6) is 0.507. The molecule has 0 fully saturated rings. The van der Waals surface area contributed by atoms with Crippen LogP contribution in [0.5, 0.6) is 0 Å². The molecule has 0 radical (unpaired) electrons. The van der Waals surface area contributed by atoms with Gasteiger partial charge in [0.15, 0.2) is 0 Å². The summed E-state index contributed by atoms with van der Waals surface area (Å²) in [7, 11) is 0. The van der Waals surface area contributed by atoms with Crippen molar-refractivity contribution in [3.63, 3.8) is 0 Å². The van der Waals surface area contributed by atoms with E-state index in [4.69, 9.17) is 0 Å². The van der Waals surface area contributed by atoms with Crippen LogP contribution in [0.15, 0.2) is 85.1 Å². The van der Waals surface area contributed by atoms with E-state index in [2.05, 4.69) is 15.2 Å². The Morgan fingerprint density at radius 1 is 0.852 bits per heavy atom. The number of carbonyl (C=O) groups excluding carboxylic acids is 1. The molecule has 5 rings (SSSR count). The molecule has 2 aromatic carbocycles. The first-order valence-electron chi connectivity index (χ1n) is 8.78. The number of hydrogen-bond acceptors (Lipinski definition) is 3. The van der Waals surface area contributed by atoms with E-state index < -0.39 is 0 Å². The molecule has 4 aromatic rings. The quantitative estimate of drug-likeness (QED) is 0.600. The number of hydrogen-bond donors (Lipinski definition) is 1. The maximum absolute atomic E-state index is 13.2. The van der Waals surface area contributed by atoms with Gasteiger partial charge in [-0.3, -0.25) is 14.8 Å². The first-order chi connectivity index (χ1) is 13.3. The fraction of sp³-hybridized carbons (Fsp3) is 0.0455. The van der Waals surface area contributed by atoms with E-state index in [1.165, 1.54) is 0 Å². The zero-order valence-corrected chi connectivity index (χ0v) is 14.4. The summed E-state index contributed by atoms with van der Waals surface area (Å²) in [5, 5.41) is 7.43. The molecule has 1 aliphatic heterocycles. The van der Waals surface area contributed by atoms with Crippen molar-refractivity contribution in [2.45, 2.75) is 6.04 Å². The van der Waals surface area contributed by atoms with Crippen molar-refractivity contribution in [3.05, 3.63) is 102 Å². The first-order valence-corrected chi connectivity index (χ1v) is 8.78. The van der Waals surface area contributed by atoms with Crippen molar-refractivity contribution in [2.75, 3.05) is 4.90 Å². The number of aromatic nitrogens is 3. The van der Waals surface area contributed by atoms with E-state index >= 15 is 0 Å². The third-order valence-corrected chi connectivity index (χ3v) is 4.83. The van der Waals surface area contributed by atoms with Crippen LogP contribution in [0.1, 0.15) is 27.7 Å². The second-order valence-corrected chi connectivity index (χ2v) is 6.40. The summed E-state index contributed by atoms with van der Waals surface area (Å²) in [6.07, 6.45) is 1.70. The molecule has 1 atom stereocenters. The highest BCUT2D eigenvalue weighted by molar-refractivity contribution is 6.11. The van der Waals surface area contributed by atoms with Gasteiger partial charge in [-0.25, -0.2) is 4.98 Å². The van der Waals surface area contributed by atoms with Gasteiger partial charge in [0.1, 0.15) is 11.5 Å². The molecule has 0 saturated heterocycles. The molecule has 0 saturated carbocycles. The molecule has 0 aliphatic carbocycles. The lowest BCUT2D eigenvalue weighted by Crippen LogP contribution is -2.30. The van der Waals surface area contributed by atoms with Gasteiger partial charge in [-0.1, -0.05) is 66.7 Å². The second-order valence-electron chi connectivity index (χ2n) is 6.40. The average molecular weight is 352 g/mol. The summed E-state index contributed by atoms with van der Waals surface area (Å²) >= 11 is 0. The lowest BCUT2D eigenvalue weighted by atomic mass is 9.96. The molecule has 1 amide bonds. The molecule has 2 aromatic heterocycles. The van der Waals surface area contributed by atoms with Gasteiger partial charge in [0.25, 0.3) is 5.91 Å². The smallest absolute Gasteiger partial charge is 0.278 e. The molecule has 27 heavy (non-hydrogen) atoms. The Morgan fingerprint density at radius 3 is 2.26 bits per heavy atom. The van der Waals surface area contributed by atoms with Crippen LogP contribution >= 0.6 is 0 Å². The molecule has 1 N–H and O–H groups in total. The van der Waals surface area contributed by atoms with Crippen molar-refractivity contribution in [2.24, 2.45) is 0 Å². The predicted octanol–water partition coefficient (Wildman–Crippen LogP) is 4.22. The van der Waals surface area contributed by atoms with Crippen LogP contribution in [0.25, 0.3) is 11.3 Å². The van der Waals surface area contributed by atoms with Crippen molar-refractivity contribution >= 4 is 11.7 Å². The molecule has 3 heterocycles. The number of amides is 1. The van der Waals surface area contributed by atoms with E-state index in [0.29, 0.717) is 11.5 Å². The van der Waals surface area contributed by atoms with Gasteiger partial charge in [-0.15, -0.1) is 0 Å². The highest BCUT2D eigenvalue weighted by atomic mass is 16.2. The molecule has 5 nitrogen and oxygen atoms in total. The van der Waals surface area contributed by atoms with Crippen molar-refractivity contribution in [1.29, 1.82) is 0 Å². The Balaban J connectivity index is 1.74. The minimum absolute atomic E-state index is 0.118. The zero-order chi connectivity index (χ0) is 18.2. The van der Waals surface area contributed by atoms with Gasteiger partial charge in [0.2, 0.25) is 0 Å². The van der Waals surface area contributed by atoms with E-state index in [0.717, 1.165) is 22.4 Å². The lowest BCUT2D eigenvalue weighted by Gasteiger charge is -2.25. The molecule has 1 aliphatic rings. The number of carbonyl (C=O) groups is 1. The van der Waals surface area contributed by atoms with Gasteiger partial charge in [-0.05, 0) is 17.7 Å². The minimum atomic E-state index is -0.280. The number of nitrogens with one attached hydrogen (secondary N) is 1. The van der Waals surface area contributed by atoms with Gasteiger partial charge in [-0.2, -0.15) is 5.10 Å². The van der Waals surface area contributed by atoms with Gasteiger partial charge < -0.3 is 0 Å². The van der Waals surface area contributed by atoms with Crippen LogP contribution in [-0.2, 0) is 0 Å². The molecule has 5 heteroatoms. The second kappa shape index (κ2) is 6.21. The van der Waals surface area contributed by atoms with Crippen LogP contribution in [0.4, 0.5) is 5.82 Å². The summed E-state index contributed by atoms with van der Waals surface area (Å²) in [6, 6.07) is 25.2. The highest BCUT2D eigenvalue weighted by Gasteiger charge is 2.43. The summed E-state index contributed by atoms with van der Waals surface area (Å²) < 4.78 is 0. The predicted molar refractivity (Wildman–Crippen MR) is 103 cm³/mol. The Hall–Kier alpha value is -3.73. The van der Waals surface area contributed by atoms with Gasteiger partial charge in [0.05, 0.1) is 11.7 Å². The molecular formula is C22H16N4O. The Bertz CT molecular complexity index is 1090. The van der Waals surface area contributed by atoms with E-state index in [1.807, 2.05) is 78.9 Å². The van der Waals surface area contributed by atoms with Crippen LogP contribution in [0.3, 0.4) is 0 Å². The third-order valence-electron chi connectivity index (χ3n) is 4.83. The average Bonchev–Trinajstić information content (AvgIpc) is 3.29. The molecular weight excluding hydrogens is 336 g/mol. The maximum Gasteiger partial charge on any atom is 0.278 e. The fourth-order valence-electron chi connectivity index (χ4n) is 3.65. The lowest BCUT2D eigenvalue weighted by molar-refractivity contribution is 0.0988. The number of nitrogens with zero attached hydrogens (tertiary/aromatic N) is 3. The van der Waals surface area contributed by atoms with Crippen molar-refractivity contribution in [3.8, 4) is 11.3 Å². The van der Waals surface area contributed by atoms with Gasteiger partial charge in [0, 0.05) is 17.3 Å². The highest BCUT2D eigenvalue weighted by Crippen LogP contribution is 2.44. The molecule has 0 spiro atoms. The first kappa shape index (κ1) is 15.5. The van der Waals surface area contributed by atoms with Crippen molar-refractivity contribution < 1.29 is 4.79 Å². The van der Waals surface area contributed by atoms with Crippen LogP contribution < -0.4 is 4.90 Å². The SMILES string of the molecule is O=C1c2[nH]nc(-c3ccccc3)c2C(c2ccccc2)N1c1ccccn1. The van der Waals surface area contributed by atoms with Crippen molar-refractivity contribution in [1.82, 2.24) is 15.2 Å². The number of benzene rings is 2. The zero-order valence-electron chi connectivity index (χ0n) is 14.4. The number of anilines is 1. The largest absolute Gasteiger partial charge is 0.279 e. The number of fused-ring (bicyclic) bond motifs is 1. The number of rotatable bonds is 3. The standard InChI is InChI=1S/C22H16N4O/c27-22-20-18(19(24-25-20)15-9-3-1-4-10-15)21(16-11-5-2-6-12-16)26(22)17-13-7-8-14-23-17/h1-14,21H,(H,24,25). The van der Waals surface area contributed by atoms with Crippen LogP contribution in [0, 0.1) is 0 Å². The molecule has 130 valence electrons.